The number of hydrogen-bond donors (Lipinski definition) is 1. The van der Waals surface area contributed by atoms with Crippen LogP contribution < -0.4 is 10.3 Å². The van der Waals surface area contributed by atoms with Gasteiger partial charge in [-0.15, -0.1) is 0 Å². The summed E-state index contributed by atoms with van der Waals surface area (Å²) in [7, 11) is -0.869. The molecule has 0 saturated heterocycles. The van der Waals surface area contributed by atoms with Gasteiger partial charge in [0.25, 0.3) is 5.56 Å². The van der Waals surface area contributed by atoms with E-state index in [1.54, 1.807) is 45.3 Å². The molecule has 1 aliphatic carbocycles. The molecule has 0 fully saturated rings. The average molecular weight is 497 g/mol. The number of aromatic nitrogens is 1. The molecule has 0 saturated carbocycles. The fourth-order valence-corrected chi connectivity index (χ4v) is 4.83. The van der Waals surface area contributed by atoms with Crippen LogP contribution in [0.2, 0.25) is 0 Å². The lowest BCUT2D eigenvalue weighted by Crippen LogP contribution is -2.21. The van der Waals surface area contributed by atoms with Crippen LogP contribution in [-0.2, 0) is 28.0 Å². The Morgan fingerprint density at radius 3 is 2.40 bits per heavy atom. The molecule has 0 unspecified atom stereocenters. The largest absolute Gasteiger partial charge is 0.478 e. The number of carbonyl (C=O) groups is 1. The Labute approximate surface area is 202 Å². The summed E-state index contributed by atoms with van der Waals surface area (Å²) in [6.07, 6.45) is 6.18. The third-order valence-electron chi connectivity index (χ3n) is 5.69. The highest BCUT2D eigenvalue weighted by Crippen LogP contribution is 2.42. The Balaban J connectivity index is 2.00. The van der Waals surface area contributed by atoms with Gasteiger partial charge in [0.05, 0.1) is 5.69 Å². The monoisotopic (exact) mass is 496 g/mol. The molecule has 1 heterocycles. The normalized spacial score (nSPS) is 12.8. The van der Waals surface area contributed by atoms with Gasteiger partial charge in [-0.25, -0.2) is 13.4 Å². The predicted octanol–water partition coefficient (Wildman–Crippen LogP) is 4.98. The molecule has 0 bridgehead atoms. The van der Waals surface area contributed by atoms with E-state index in [4.69, 9.17) is 4.74 Å². The standard InChI is InChI=1S/C26H25FN2O5S/c1-14-8-17(27)9-15(2)24(14)34-23-7-6-18(28-35(4,5)33)12-20(23)22-13-29(3)25(30)21-11-16(26(31)32)10-19(21)22/h6-10,12-13H,11H2,1-5H3,(H,31,32). The van der Waals surface area contributed by atoms with E-state index in [9.17, 15) is 23.3 Å². The van der Waals surface area contributed by atoms with Crippen molar-refractivity contribution >= 4 is 27.5 Å². The van der Waals surface area contributed by atoms with Crippen LogP contribution in [0.4, 0.5) is 10.1 Å². The summed E-state index contributed by atoms with van der Waals surface area (Å²) in [6, 6.07) is 7.79. The molecular formula is C26H25FN2O5S. The quantitative estimate of drug-likeness (QED) is 0.537. The summed E-state index contributed by atoms with van der Waals surface area (Å²) >= 11 is 0. The van der Waals surface area contributed by atoms with Gasteiger partial charge in [0, 0.05) is 64.2 Å². The molecule has 0 amide bonds. The molecular weight excluding hydrogens is 471 g/mol. The van der Waals surface area contributed by atoms with E-state index < -0.39 is 15.7 Å². The minimum atomic E-state index is -2.46. The fraction of sp³-hybridized carbons (Fsp3) is 0.231. The van der Waals surface area contributed by atoms with Crippen LogP contribution >= 0.6 is 0 Å². The molecule has 1 aromatic heterocycles. The lowest BCUT2D eigenvalue weighted by Gasteiger charge is -2.18. The Bertz CT molecular complexity index is 1580. The molecule has 182 valence electrons. The Kier molecular flexibility index (Phi) is 6.14. The summed E-state index contributed by atoms with van der Waals surface area (Å²) in [5, 5.41) is 9.53. The first kappa shape index (κ1) is 24.4. The van der Waals surface area contributed by atoms with Gasteiger partial charge >= 0.3 is 5.97 Å². The van der Waals surface area contributed by atoms with Gasteiger partial charge in [-0.3, -0.25) is 4.79 Å². The van der Waals surface area contributed by atoms with Gasteiger partial charge in [0.15, 0.2) is 0 Å². The predicted molar refractivity (Wildman–Crippen MR) is 134 cm³/mol. The molecule has 0 atom stereocenters. The topological polar surface area (TPSA) is 98.0 Å². The smallest absolute Gasteiger partial charge is 0.331 e. The second kappa shape index (κ2) is 8.81. The number of aryl methyl sites for hydroxylation is 3. The van der Waals surface area contributed by atoms with Crippen molar-refractivity contribution in [2.75, 3.05) is 12.5 Å². The van der Waals surface area contributed by atoms with Crippen molar-refractivity contribution in [2.24, 2.45) is 11.4 Å². The number of rotatable bonds is 5. The number of pyridine rings is 1. The lowest BCUT2D eigenvalue weighted by atomic mass is 9.98. The van der Waals surface area contributed by atoms with Crippen LogP contribution in [-0.4, -0.2) is 32.4 Å². The number of nitrogens with zero attached hydrogens (tertiary/aromatic N) is 2. The fourth-order valence-electron chi connectivity index (χ4n) is 4.21. The first-order chi connectivity index (χ1) is 16.3. The van der Waals surface area contributed by atoms with Crippen molar-refractivity contribution < 1.29 is 23.2 Å². The van der Waals surface area contributed by atoms with Crippen LogP contribution in [0.3, 0.4) is 0 Å². The van der Waals surface area contributed by atoms with Gasteiger partial charge in [-0.2, -0.15) is 4.36 Å². The summed E-state index contributed by atoms with van der Waals surface area (Å²) in [4.78, 5) is 24.4. The Morgan fingerprint density at radius 1 is 1.14 bits per heavy atom. The van der Waals surface area contributed by atoms with E-state index in [-0.39, 0.29) is 23.4 Å². The van der Waals surface area contributed by atoms with Crippen molar-refractivity contribution in [3.05, 3.63) is 80.5 Å². The van der Waals surface area contributed by atoms with Crippen molar-refractivity contribution in [2.45, 2.75) is 20.3 Å². The van der Waals surface area contributed by atoms with Gasteiger partial charge in [-0.1, -0.05) is 0 Å². The number of hydrogen-bond acceptors (Lipinski definition) is 5. The van der Waals surface area contributed by atoms with Crippen LogP contribution in [0, 0.1) is 19.7 Å². The zero-order valence-corrected chi connectivity index (χ0v) is 20.8. The third-order valence-corrected chi connectivity index (χ3v) is 6.34. The first-order valence-electron chi connectivity index (χ1n) is 10.8. The van der Waals surface area contributed by atoms with Gasteiger partial charge < -0.3 is 14.4 Å². The summed E-state index contributed by atoms with van der Waals surface area (Å²) in [5.41, 5.74) is 3.45. The molecule has 3 aromatic rings. The summed E-state index contributed by atoms with van der Waals surface area (Å²) in [6.45, 7) is 3.48. The third kappa shape index (κ3) is 4.90. The minimum absolute atomic E-state index is 0.0132. The molecule has 4 rings (SSSR count). The number of benzene rings is 2. The van der Waals surface area contributed by atoms with E-state index in [1.165, 1.54) is 35.3 Å². The van der Waals surface area contributed by atoms with E-state index in [2.05, 4.69) is 4.36 Å². The van der Waals surface area contributed by atoms with Crippen LogP contribution in [0.15, 0.2) is 51.3 Å². The lowest BCUT2D eigenvalue weighted by molar-refractivity contribution is -0.132. The van der Waals surface area contributed by atoms with E-state index in [0.29, 0.717) is 50.6 Å². The van der Waals surface area contributed by atoms with Gasteiger partial charge in [0.1, 0.15) is 17.3 Å². The SMILES string of the molecule is Cc1cc(F)cc(C)c1Oc1ccc(N=S(C)(C)=O)cc1-c1cn(C)c(=O)c2c1C=C(C(=O)O)C2. The molecule has 0 radical (unpaired) electrons. The number of halogens is 1. The van der Waals surface area contributed by atoms with Crippen molar-refractivity contribution in [1.29, 1.82) is 0 Å². The highest BCUT2D eigenvalue weighted by atomic mass is 32.2. The number of carboxylic acid groups (broad SMARTS) is 1. The van der Waals surface area contributed by atoms with Crippen LogP contribution in [0.1, 0.15) is 22.3 Å². The first-order valence-corrected chi connectivity index (χ1v) is 13.1. The molecule has 1 aliphatic rings. The Hall–Kier alpha value is -3.72. The maximum Gasteiger partial charge on any atom is 0.331 e. The summed E-state index contributed by atoms with van der Waals surface area (Å²) < 4.78 is 38.2. The molecule has 0 spiro atoms. The maximum atomic E-state index is 13.9. The number of fused-ring (bicyclic) bond motifs is 1. The van der Waals surface area contributed by atoms with Crippen molar-refractivity contribution in [1.82, 2.24) is 4.57 Å². The number of aliphatic carboxylic acids is 1. The number of carboxylic acids is 1. The molecule has 0 aliphatic heterocycles. The van der Waals surface area contributed by atoms with E-state index in [1.807, 2.05) is 0 Å². The molecule has 7 nitrogen and oxygen atoms in total. The minimum Gasteiger partial charge on any atom is -0.478 e. The second-order valence-corrected chi connectivity index (χ2v) is 11.5. The van der Waals surface area contributed by atoms with Crippen molar-refractivity contribution in [3.8, 4) is 22.6 Å². The van der Waals surface area contributed by atoms with Crippen molar-refractivity contribution in [3.63, 3.8) is 0 Å². The highest BCUT2D eigenvalue weighted by molar-refractivity contribution is 7.92. The average Bonchev–Trinajstić information content (AvgIpc) is 3.19. The van der Waals surface area contributed by atoms with Crippen LogP contribution in [0.25, 0.3) is 17.2 Å². The van der Waals surface area contributed by atoms with Crippen LogP contribution in [0.5, 0.6) is 11.5 Å². The molecule has 1 N–H and O–H groups in total. The zero-order chi connectivity index (χ0) is 25.7. The van der Waals surface area contributed by atoms with Gasteiger partial charge in [0.2, 0.25) is 0 Å². The number of ether oxygens (including phenoxy) is 1. The molecule has 2 aromatic carbocycles. The second-order valence-electron chi connectivity index (χ2n) is 8.93. The maximum absolute atomic E-state index is 13.9. The van der Waals surface area contributed by atoms with E-state index >= 15 is 0 Å². The summed E-state index contributed by atoms with van der Waals surface area (Å²) in [5.74, 6) is -0.581. The molecule has 9 heteroatoms. The highest BCUT2D eigenvalue weighted by Gasteiger charge is 2.26. The molecule has 35 heavy (non-hydrogen) atoms. The van der Waals surface area contributed by atoms with Gasteiger partial charge in [-0.05, 0) is 66.9 Å². The zero-order valence-electron chi connectivity index (χ0n) is 20.0. The Morgan fingerprint density at radius 2 is 1.80 bits per heavy atom. The van der Waals surface area contributed by atoms with E-state index in [0.717, 1.165) is 0 Å².